The molecule has 0 aliphatic heterocycles. The smallest absolute Gasteiger partial charge is 0.306 e. The monoisotopic (exact) mass is 279 g/mol. The predicted molar refractivity (Wildman–Crippen MR) is 74.4 cm³/mol. The number of carboxylic acids is 1. The highest BCUT2D eigenvalue weighted by atomic mass is 16.4. The van der Waals surface area contributed by atoms with Crippen molar-refractivity contribution in [1.82, 2.24) is 5.32 Å². The fraction of sp³-hybridized carbons (Fsp3) is 0.533. The average Bonchev–Trinajstić information content (AvgIpc) is 2.41. The van der Waals surface area contributed by atoms with Crippen LogP contribution < -0.4 is 5.32 Å². The summed E-state index contributed by atoms with van der Waals surface area (Å²) in [5.41, 5.74) is -0.0496. The molecular weight excluding hydrogens is 258 g/mol. The molecule has 0 spiro atoms. The first-order valence-electron chi connectivity index (χ1n) is 6.93. The van der Waals surface area contributed by atoms with E-state index in [1.54, 1.807) is 12.1 Å². The van der Waals surface area contributed by atoms with Gasteiger partial charge in [-0.1, -0.05) is 18.2 Å². The summed E-state index contributed by atoms with van der Waals surface area (Å²) in [4.78, 5) is 10.9. The van der Waals surface area contributed by atoms with Crippen molar-refractivity contribution in [2.24, 2.45) is 5.92 Å². The molecule has 0 aromatic heterocycles. The van der Waals surface area contributed by atoms with Crippen molar-refractivity contribution < 1.29 is 20.1 Å². The van der Waals surface area contributed by atoms with Crippen LogP contribution in [0.3, 0.4) is 0 Å². The Morgan fingerprint density at radius 3 is 2.55 bits per heavy atom. The zero-order chi connectivity index (χ0) is 14.6. The van der Waals surface area contributed by atoms with Crippen LogP contribution in [0.15, 0.2) is 24.3 Å². The third-order valence-electron chi connectivity index (χ3n) is 4.03. The molecule has 2 rings (SSSR count). The number of phenolic OH excluding ortho intramolecular Hbond substituents is 1. The molecule has 0 heterocycles. The standard InChI is InChI=1S/C15H21NO4/c17-13-4-2-1-3-12(13)9-16-10-15(20)7-5-11(6-8-15)14(18)19/h1-4,11,16-17,20H,5-10H2,(H,18,19). The molecule has 0 saturated heterocycles. The summed E-state index contributed by atoms with van der Waals surface area (Å²) in [6.07, 6.45) is 2.03. The minimum Gasteiger partial charge on any atom is -0.508 e. The summed E-state index contributed by atoms with van der Waals surface area (Å²) < 4.78 is 0. The number of hydrogen-bond acceptors (Lipinski definition) is 4. The van der Waals surface area contributed by atoms with E-state index in [-0.39, 0.29) is 11.7 Å². The van der Waals surface area contributed by atoms with E-state index in [9.17, 15) is 15.0 Å². The lowest BCUT2D eigenvalue weighted by Gasteiger charge is -2.34. The van der Waals surface area contributed by atoms with E-state index in [0.29, 0.717) is 38.8 Å². The van der Waals surface area contributed by atoms with Gasteiger partial charge in [-0.05, 0) is 31.7 Å². The molecule has 1 saturated carbocycles. The normalized spacial score (nSPS) is 26.4. The van der Waals surface area contributed by atoms with Crippen LogP contribution in [0.5, 0.6) is 5.75 Å². The fourth-order valence-corrected chi connectivity index (χ4v) is 2.67. The lowest BCUT2D eigenvalue weighted by Crippen LogP contribution is -2.44. The number of hydrogen-bond donors (Lipinski definition) is 4. The number of aliphatic hydroxyl groups is 1. The van der Waals surface area contributed by atoms with Gasteiger partial charge in [0.2, 0.25) is 0 Å². The van der Waals surface area contributed by atoms with Crippen molar-refractivity contribution in [3.05, 3.63) is 29.8 Å². The van der Waals surface area contributed by atoms with Crippen LogP contribution in [0.4, 0.5) is 0 Å². The molecule has 0 bridgehead atoms. The van der Waals surface area contributed by atoms with Gasteiger partial charge in [0, 0.05) is 18.7 Å². The third-order valence-corrected chi connectivity index (χ3v) is 4.03. The lowest BCUT2D eigenvalue weighted by atomic mass is 9.79. The van der Waals surface area contributed by atoms with Crippen molar-refractivity contribution in [1.29, 1.82) is 0 Å². The molecule has 0 amide bonds. The number of phenols is 1. The molecule has 1 aliphatic rings. The number of carboxylic acid groups (broad SMARTS) is 1. The Bertz CT molecular complexity index is 467. The number of aromatic hydroxyl groups is 1. The van der Waals surface area contributed by atoms with Crippen LogP contribution in [0.25, 0.3) is 0 Å². The summed E-state index contributed by atoms with van der Waals surface area (Å²) in [5, 5.41) is 32.1. The zero-order valence-electron chi connectivity index (χ0n) is 11.4. The molecule has 1 aliphatic carbocycles. The van der Waals surface area contributed by atoms with Gasteiger partial charge in [-0.25, -0.2) is 0 Å². The number of carbonyl (C=O) groups is 1. The maximum absolute atomic E-state index is 10.9. The highest BCUT2D eigenvalue weighted by Gasteiger charge is 2.35. The van der Waals surface area contributed by atoms with Crippen molar-refractivity contribution >= 4 is 5.97 Å². The molecule has 0 atom stereocenters. The molecule has 1 fully saturated rings. The molecule has 0 radical (unpaired) electrons. The Morgan fingerprint density at radius 2 is 1.95 bits per heavy atom. The minimum atomic E-state index is -0.837. The number of para-hydroxylation sites is 1. The van der Waals surface area contributed by atoms with Crippen LogP contribution in [0.2, 0.25) is 0 Å². The first-order chi connectivity index (χ1) is 9.50. The summed E-state index contributed by atoms with van der Waals surface area (Å²) in [6, 6.07) is 7.07. The molecule has 0 unspecified atom stereocenters. The molecule has 4 N–H and O–H groups in total. The SMILES string of the molecule is O=C(O)C1CCC(O)(CNCc2ccccc2O)CC1. The van der Waals surface area contributed by atoms with Gasteiger partial charge in [0.05, 0.1) is 11.5 Å². The first-order valence-corrected chi connectivity index (χ1v) is 6.93. The van der Waals surface area contributed by atoms with E-state index >= 15 is 0 Å². The number of benzene rings is 1. The highest BCUT2D eigenvalue weighted by molar-refractivity contribution is 5.70. The van der Waals surface area contributed by atoms with Gasteiger partial charge in [0.15, 0.2) is 0 Å². The van der Waals surface area contributed by atoms with Gasteiger partial charge in [0.1, 0.15) is 5.75 Å². The quantitative estimate of drug-likeness (QED) is 0.655. The van der Waals surface area contributed by atoms with Gasteiger partial charge in [0.25, 0.3) is 0 Å². The van der Waals surface area contributed by atoms with E-state index in [1.165, 1.54) is 0 Å². The molecule has 1 aromatic rings. The van der Waals surface area contributed by atoms with Crippen molar-refractivity contribution in [2.45, 2.75) is 37.8 Å². The van der Waals surface area contributed by atoms with E-state index in [2.05, 4.69) is 5.32 Å². The molecule has 1 aromatic carbocycles. The second-order valence-corrected chi connectivity index (χ2v) is 5.57. The number of aliphatic carboxylic acids is 1. The molecule has 20 heavy (non-hydrogen) atoms. The third kappa shape index (κ3) is 3.71. The van der Waals surface area contributed by atoms with Gasteiger partial charge < -0.3 is 20.6 Å². The second-order valence-electron chi connectivity index (χ2n) is 5.57. The van der Waals surface area contributed by atoms with Crippen LogP contribution >= 0.6 is 0 Å². The molecular formula is C15H21NO4. The molecule has 110 valence electrons. The predicted octanol–water partition coefficient (Wildman–Crippen LogP) is 1.49. The van der Waals surface area contributed by atoms with Gasteiger partial charge in [-0.15, -0.1) is 0 Å². The lowest BCUT2D eigenvalue weighted by molar-refractivity contribution is -0.144. The maximum Gasteiger partial charge on any atom is 0.306 e. The number of rotatable bonds is 5. The van der Waals surface area contributed by atoms with Crippen molar-refractivity contribution in [3.8, 4) is 5.75 Å². The molecule has 5 heteroatoms. The summed E-state index contributed by atoms with van der Waals surface area (Å²) in [7, 11) is 0. The molecule has 5 nitrogen and oxygen atoms in total. The second kappa shape index (κ2) is 6.24. The van der Waals surface area contributed by atoms with Crippen LogP contribution in [-0.2, 0) is 11.3 Å². The Kier molecular flexibility index (Phi) is 4.62. The van der Waals surface area contributed by atoms with Crippen molar-refractivity contribution in [3.63, 3.8) is 0 Å². The minimum absolute atomic E-state index is 0.238. The summed E-state index contributed by atoms with van der Waals surface area (Å²) in [5.74, 6) is -0.857. The van der Waals surface area contributed by atoms with Crippen LogP contribution in [0, 0.1) is 5.92 Å². The summed E-state index contributed by atoms with van der Waals surface area (Å²) >= 11 is 0. The Balaban J connectivity index is 1.80. The van der Waals surface area contributed by atoms with E-state index < -0.39 is 11.6 Å². The number of nitrogens with one attached hydrogen (secondary N) is 1. The van der Waals surface area contributed by atoms with Gasteiger partial charge in [-0.2, -0.15) is 0 Å². The average molecular weight is 279 g/mol. The van der Waals surface area contributed by atoms with Gasteiger partial charge in [-0.3, -0.25) is 4.79 Å². The Labute approximate surface area is 118 Å². The van der Waals surface area contributed by atoms with Crippen LogP contribution in [-0.4, -0.2) is 33.4 Å². The Morgan fingerprint density at radius 1 is 1.30 bits per heavy atom. The Hall–Kier alpha value is -1.59. The highest BCUT2D eigenvalue weighted by Crippen LogP contribution is 2.32. The van der Waals surface area contributed by atoms with Crippen molar-refractivity contribution in [2.75, 3.05) is 6.54 Å². The largest absolute Gasteiger partial charge is 0.508 e. The van der Waals surface area contributed by atoms with Crippen LogP contribution in [0.1, 0.15) is 31.2 Å². The summed E-state index contributed by atoms with van der Waals surface area (Å²) in [6.45, 7) is 0.894. The van der Waals surface area contributed by atoms with E-state index in [1.807, 2.05) is 12.1 Å². The van der Waals surface area contributed by atoms with Gasteiger partial charge >= 0.3 is 5.97 Å². The van der Waals surface area contributed by atoms with E-state index in [4.69, 9.17) is 5.11 Å². The maximum atomic E-state index is 10.9. The van der Waals surface area contributed by atoms with E-state index in [0.717, 1.165) is 5.56 Å². The fourth-order valence-electron chi connectivity index (χ4n) is 2.67. The zero-order valence-corrected chi connectivity index (χ0v) is 11.4. The topological polar surface area (TPSA) is 89.8 Å². The first kappa shape index (κ1) is 14.8.